The van der Waals surface area contributed by atoms with Crippen LogP contribution >= 0.6 is 15.9 Å². The zero-order chi connectivity index (χ0) is 14.9. The van der Waals surface area contributed by atoms with Gasteiger partial charge in [-0.2, -0.15) is 5.26 Å². The summed E-state index contributed by atoms with van der Waals surface area (Å²) in [5.74, 6) is -0.421. The lowest BCUT2D eigenvalue weighted by Crippen LogP contribution is -2.39. The van der Waals surface area contributed by atoms with Crippen molar-refractivity contribution in [2.24, 2.45) is 0 Å². The van der Waals surface area contributed by atoms with Crippen molar-refractivity contribution in [2.45, 2.75) is 32.4 Å². The SMILES string of the molecule is CC(C)N1C(=O)CC(Nc2ccc(Br)cc2C#N)C1=O. The maximum atomic E-state index is 12.2. The minimum atomic E-state index is -0.599. The second-order valence-electron chi connectivity index (χ2n) is 4.90. The minimum Gasteiger partial charge on any atom is -0.372 e. The summed E-state index contributed by atoms with van der Waals surface area (Å²) in [4.78, 5) is 25.3. The van der Waals surface area contributed by atoms with Crippen molar-refractivity contribution in [2.75, 3.05) is 5.32 Å². The molecule has 1 unspecified atom stereocenters. The summed E-state index contributed by atoms with van der Waals surface area (Å²) in [6.07, 6.45) is 0.123. The number of hydrogen-bond acceptors (Lipinski definition) is 4. The largest absolute Gasteiger partial charge is 0.372 e. The molecule has 1 N–H and O–H groups in total. The van der Waals surface area contributed by atoms with E-state index in [2.05, 4.69) is 27.3 Å². The van der Waals surface area contributed by atoms with E-state index < -0.39 is 6.04 Å². The van der Waals surface area contributed by atoms with Crippen LogP contribution in [0.3, 0.4) is 0 Å². The number of carbonyl (C=O) groups is 2. The fraction of sp³-hybridized carbons (Fsp3) is 0.357. The standard InChI is InChI=1S/C14H14BrN3O2/c1-8(2)18-13(19)6-12(14(18)20)17-11-4-3-10(15)5-9(11)7-16/h3-5,8,12,17H,6H2,1-2H3. The normalized spacial score (nSPS) is 18.6. The van der Waals surface area contributed by atoms with Gasteiger partial charge in [-0.15, -0.1) is 0 Å². The molecule has 6 heteroatoms. The van der Waals surface area contributed by atoms with Crippen LogP contribution < -0.4 is 5.32 Å². The van der Waals surface area contributed by atoms with E-state index in [0.29, 0.717) is 11.3 Å². The maximum absolute atomic E-state index is 12.2. The zero-order valence-electron chi connectivity index (χ0n) is 11.2. The van der Waals surface area contributed by atoms with Crippen molar-refractivity contribution in [3.05, 3.63) is 28.2 Å². The summed E-state index contributed by atoms with van der Waals surface area (Å²) < 4.78 is 0.789. The molecule has 1 heterocycles. The summed E-state index contributed by atoms with van der Waals surface area (Å²) in [5, 5.41) is 12.1. The number of amides is 2. The number of hydrogen-bond donors (Lipinski definition) is 1. The van der Waals surface area contributed by atoms with Crippen LogP contribution in [-0.4, -0.2) is 28.8 Å². The predicted octanol–water partition coefficient (Wildman–Crippen LogP) is 2.27. The number of nitrogens with one attached hydrogen (secondary N) is 1. The van der Waals surface area contributed by atoms with Crippen molar-refractivity contribution in [3.8, 4) is 6.07 Å². The van der Waals surface area contributed by atoms with Gasteiger partial charge in [0.1, 0.15) is 12.1 Å². The molecular formula is C14H14BrN3O2. The molecule has 1 aromatic rings. The van der Waals surface area contributed by atoms with Gasteiger partial charge in [0.2, 0.25) is 5.91 Å². The molecule has 0 spiro atoms. The van der Waals surface area contributed by atoms with Crippen LogP contribution in [0.5, 0.6) is 0 Å². The second-order valence-corrected chi connectivity index (χ2v) is 5.81. The molecule has 0 aromatic heterocycles. The topological polar surface area (TPSA) is 73.2 Å². The van der Waals surface area contributed by atoms with Crippen LogP contribution in [0.15, 0.2) is 22.7 Å². The molecule has 1 atom stereocenters. The number of benzene rings is 1. The number of imide groups is 1. The van der Waals surface area contributed by atoms with Gasteiger partial charge >= 0.3 is 0 Å². The lowest BCUT2D eigenvalue weighted by Gasteiger charge is -2.19. The zero-order valence-corrected chi connectivity index (χ0v) is 12.8. The molecule has 0 radical (unpaired) electrons. The molecule has 1 saturated heterocycles. The van der Waals surface area contributed by atoms with Gasteiger partial charge in [-0.25, -0.2) is 0 Å². The number of nitriles is 1. The summed E-state index contributed by atoms with van der Waals surface area (Å²) in [6, 6.07) is 6.49. The predicted molar refractivity (Wildman–Crippen MR) is 77.9 cm³/mol. The summed E-state index contributed by atoms with van der Waals surface area (Å²) in [5.41, 5.74) is 0.995. The van der Waals surface area contributed by atoms with Crippen LogP contribution in [-0.2, 0) is 9.59 Å². The number of likely N-dealkylation sites (tertiary alicyclic amines) is 1. The van der Waals surface area contributed by atoms with Crippen molar-refractivity contribution in [1.82, 2.24) is 4.90 Å². The Morgan fingerprint density at radius 2 is 2.15 bits per heavy atom. The van der Waals surface area contributed by atoms with Gasteiger partial charge in [0, 0.05) is 10.5 Å². The molecule has 20 heavy (non-hydrogen) atoms. The van der Waals surface area contributed by atoms with Crippen LogP contribution in [0.2, 0.25) is 0 Å². The monoisotopic (exact) mass is 335 g/mol. The quantitative estimate of drug-likeness (QED) is 0.860. The summed E-state index contributed by atoms with van der Waals surface area (Å²) in [6.45, 7) is 3.61. The first kappa shape index (κ1) is 14.5. The van der Waals surface area contributed by atoms with E-state index in [1.807, 2.05) is 0 Å². The Bertz CT molecular complexity index is 607. The molecule has 0 saturated carbocycles. The first-order valence-corrected chi connectivity index (χ1v) is 7.05. The molecule has 1 aliphatic rings. The lowest BCUT2D eigenvalue weighted by molar-refractivity contribution is -0.140. The molecule has 0 aliphatic carbocycles. The number of carbonyl (C=O) groups excluding carboxylic acids is 2. The van der Waals surface area contributed by atoms with Crippen molar-refractivity contribution >= 4 is 33.4 Å². The van der Waals surface area contributed by atoms with Gasteiger partial charge < -0.3 is 5.32 Å². The number of rotatable bonds is 3. The van der Waals surface area contributed by atoms with Gasteiger partial charge in [-0.05, 0) is 32.0 Å². The molecule has 104 valence electrons. The van der Waals surface area contributed by atoms with Crippen LogP contribution in [0.4, 0.5) is 5.69 Å². The fourth-order valence-corrected chi connectivity index (χ4v) is 2.59. The highest BCUT2D eigenvalue weighted by Gasteiger charge is 2.40. The third kappa shape index (κ3) is 2.68. The molecule has 1 aromatic carbocycles. The van der Waals surface area contributed by atoms with Gasteiger partial charge in [0.05, 0.1) is 17.7 Å². The number of anilines is 1. The highest BCUT2D eigenvalue weighted by Crippen LogP contribution is 2.24. The smallest absolute Gasteiger partial charge is 0.252 e. The summed E-state index contributed by atoms with van der Waals surface area (Å²) >= 11 is 3.29. The average molecular weight is 336 g/mol. The van der Waals surface area contributed by atoms with E-state index in [0.717, 1.165) is 4.47 Å². The van der Waals surface area contributed by atoms with Gasteiger partial charge in [-0.3, -0.25) is 14.5 Å². The Morgan fingerprint density at radius 3 is 2.70 bits per heavy atom. The molecule has 1 aliphatic heterocycles. The van der Waals surface area contributed by atoms with Crippen LogP contribution in [0, 0.1) is 11.3 Å². The van der Waals surface area contributed by atoms with Crippen molar-refractivity contribution in [3.63, 3.8) is 0 Å². The van der Waals surface area contributed by atoms with E-state index in [1.165, 1.54) is 4.90 Å². The summed E-state index contributed by atoms with van der Waals surface area (Å²) in [7, 11) is 0. The molecule has 2 amide bonds. The first-order chi connectivity index (χ1) is 9.43. The van der Waals surface area contributed by atoms with Crippen LogP contribution in [0.25, 0.3) is 0 Å². The Labute approximate surface area is 125 Å². The van der Waals surface area contributed by atoms with E-state index in [4.69, 9.17) is 5.26 Å². The molecule has 1 fully saturated rings. The minimum absolute atomic E-state index is 0.123. The Morgan fingerprint density at radius 1 is 1.45 bits per heavy atom. The highest BCUT2D eigenvalue weighted by molar-refractivity contribution is 9.10. The molecular weight excluding hydrogens is 322 g/mol. The molecule has 0 bridgehead atoms. The molecule has 5 nitrogen and oxygen atoms in total. The number of nitrogens with zero attached hydrogens (tertiary/aromatic N) is 2. The van der Waals surface area contributed by atoms with E-state index in [9.17, 15) is 9.59 Å². The van der Waals surface area contributed by atoms with E-state index in [-0.39, 0.29) is 24.3 Å². The first-order valence-electron chi connectivity index (χ1n) is 6.26. The Kier molecular flexibility index (Phi) is 4.09. The number of halogens is 1. The molecule has 2 rings (SSSR count). The van der Waals surface area contributed by atoms with Gasteiger partial charge in [0.25, 0.3) is 5.91 Å². The average Bonchev–Trinajstić information content (AvgIpc) is 2.66. The van der Waals surface area contributed by atoms with E-state index in [1.54, 1.807) is 32.0 Å². The lowest BCUT2D eigenvalue weighted by atomic mass is 10.1. The highest BCUT2D eigenvalue weighted by atomic mass is 79.9. The fourth-order valence-electron chi connectivity index (χ4n) is 2.23. The van der Waals surface area contributed by atoms with E-state index >= 15 is 0 Å². The van der Waals surface area contributed by atoms with Crippen molar-refractivity contribution in [1.29, 1.82) is 5.26 Å². The third-order valence-corrected chi connectivity index (χ3v) is 3.62. The van der Waals surface area contributed by atoms with Crippen LogP contribution in [0.1, 0.15) is 25.8 Å². The van der Waals surface area contributed by atoms with Gasteiger partial charge in [0.15, 0.2) is 0 Å². The Balaban J connectivity index is 2.22. The van der Waals surface area contributed by atoms with Crippen molar-refractivity contribution < 1.29 is 9.59 Å². The Hall–Kier alpha value is -1.87. The second kappa shape index (κ2) is 5.63. The third-order valence-electron chi connectivity index (χ3n) is 3.13. The van der Waals surface area contributed by atoms with Gasteiger partial charge in [-0.1, -0.05) is 15.9 Å². The maximum Gasteiger partial charge on any atom is 0.252 e.